The van der Waals surface area contributed by atoms with Crippen molar-refractivity contribution in [1.82, 2.24) is 0 Å². The van der Waals surface area contributed by atoms with Crippen LogP contribution in [-0.2, 0) is 28.5 Å². The maximum Gasteiger partial charge on any atom is 0.310 e. The van der Waals surface area contributed by atoms with Crippen LogP contribution in [0, 0.1) is 35.0 Å². The van der Waals surface area contributed by atoms with Crippen LogP contribution in [0.3, 0.4) is 0 Å². The van der Waals surface area contributed by atoms with Gasteiger partial charge >= 0.3 is 11.9 Å². The molecule has 1 saturated carbocycles. The molecule has 4 aliphatic rings. The van der Waals surface area contributed by atoms with Gasteiger partial charge in [-0.05, 0) is 43.1 Å². The lowest BCUT2D eigenvalue weighted by atomic mass is 9.60. The molecule has 2 heterocycles. The molecule has 2 aliphatic heterocycles. The second kappa shape index (κ2) is 7.69. The van der Waals surface area contributed by atoms with E-state index in [0.29, 0.717) is 25.6 Å². The van der Waals surface area contributed by atoms with Crippen molar-refractivity contribution in [2.75, 3.05) is 27.4 Å². The molecule has 7 atom stereocenters. The van der Waals surface area contributed by atoms with E-state index in [1.54, 1.807) is 0 Å². The third-order valence-corrected chi connectivity index (χ3v) is 8.08. The first kappa shape index (κ1) is 20.9. The first-order valence-electron chi connectivity index (χ1n) is 11.1. The quantitative estimate of drug-likeness (QED) is 0.497. The van der Waals surface area contributed by atoms with Crippen molar-refractivity contribution < 1.29 is 28.5 Å². The largest absolute Gasteiger partial charge is 0.469 e. The summed E-state index contributed by atoms with van der Waals surface area (Å²) in [5.74, 6) is -2.33. The number of carbonyl (C=O) groups is 2. The monoisotopic (exact) mass is 406 g/mol. The third-order valence-electron chi connectivity index (χ3n) is 8.08. The van der Waals surface area contributed by atoms with Crippen LogP contribution in [-0.4, -0.2) is 45.2 Å². The lowest BCUT2D eigenvalue weighted by Crippen LogP contribution is -2.58. The van der Waals surface area contributed by atoms with Gasteiger partial charge in [0.25, 0.3) is 0 Å². The first-order chi connectivity index (χ1) is 14.0. The minimum Gasteiger partial charge on any atom is -0.469 e. The average Bonchev–Trinajstić information content (AvgIpc) is 2.99. The molecule has 3 fully saturated rings. The predicted octanol–water partition coefficient (Wildman–Crippen LogP) is 3.49. The van der Waals surface area contributed by atoms with Crippen LogP contribution < -0.4 is 0 Å². The number of unbranched alkanes of at least 4 members (excludes halogenated alkanes) is 1. The van der Waals surface area contributed by atoms with Gasteiger partial charge in [-0.3, -0.25) is 9.59 Å². The molecule has 162 valence electrons. The van der Waals surface area contributed by atoms with Gasteiger partial charge in [0.2, 0.25) is 0 Å². The zero-order valence-electron chi connectivity index (χ0n) is 18.1. The second-order valence-electron chi connectivity index (χ2n) is 9.19. The molecule has 4 rings (SSSR count). The van der Waals surface area contributed by atoms with Crippen molar-refractivity contribution in [3.05, 3.63) is 11.6 Å². The van der Waals surface area contributed by atoms with Crippen molar-refractivity contribution >= 4 is 11.9 Å². The highest BCUT2D eigenvalue weighted by molar-refractivity contribution is 5.83. The van der Waals surface area contributed by atoms with E-state index in [-0.39, 0.29) is 29.2 Å². The molecule has 2 aliphatic carbocycles. The Balaban J connectivity index is 1.91. The van der Waals surface area contributed by atoms with Gasteiger partial charge in [0.1, 0.15) is 0 Å². The van der Waals surface area contributed by atoms with Crippen LogP contribution in [0.25, 0.3) is 0 Å². The number of hydrogen-bond donors (Lipinski definition) is 0. The number of ether oxygens (including phenoxy) is 4. The molecule has 0 aromatic rings. The zero-order valence-corrected chi connectivity index (χ0v) is 18.1. The molecule has 6 heteroatoms. The van der Waals surface area contributed by atoms with Gasteiger partial charge in [-0.2, -0.15) is 0 Å². The van der Waals surface area contributed by atoms with Gasteiger partial charge in [0.15, 0.2) is 5.79 Å². The van der Waals surface area contributed by atoms with Gasteiger partial charge < -0.3 is 18.9 Å². The number of methoxy groups -OCH3 is 2. The first-order valence-corrected chi connectivity index (χ1v) is 11.1. The standard InChI is InChI=1S/C23H34O6/c1-5-7-8-14-11-17-22(6-2)12-16(20(24)26-3)18(21(25)27-4)19-15(14)9-10-28-23(17,19)29-13-22/h11,14-16,18-19H,5-10,12-13H2,1-4H3/t14-,15+,16+,18-,19?,22-,23+/m0/s1. The summed E-state index contributed by atoms with van der Waals surface area (Å²) in [6.07, 6.45) is 8.02. The number of esters is 2. The van der Waals surface area contributed by atoms with Crippen LogP contribution in [0.1, 0.15) is 52.4 Å². The minimum atomic E-state index is -0.900. The topological polar surface area (TPSA) is 71.1 Å². The fourth-order valence-electron chi connectivity index (χ4n) is 6.65. The van der Waals surface area contributed by atoms with E-state index >= 15 is 0 Å². The summed E-state index contributed by atoms with van der Waals surface area (Å²) in [7, 11) is 2.80. The van der Waals surface area contributed by atoms with E-state index in [0.717, 1.165) is 32.1 Å². The van der Waals surface area contributed by atoms with Crippen LogP contribution in [0.15, 0.2) is 11.6 Å². The number of carbonyl (C=O) groups excluding carboxylic acids is 2. The zero-order chi connectivity index (χ0) is 20.8. The second-order valence-corrected chi connectivity index (χ2v) is 9.19. The summed E-state index contributed by atoms with van der Waals surface area (Å²) >= 11 is 0. The molecule has 5 bridgehead atoms. The van der Waals surface area contributed by atoms with Gasteiger partial charge in [0, 0.05) is 11.3 Å². The lowest BCUT2D eigenvalue weighted by molar-refractivity contribution is -0.279. The predicted molar refractivity (Wildman–Crippen MR) is 106 cm³/mol. The van der Waals surface area contributed by atoms with E-state index in [1.165, 1.54) is 19.8 Å². The maximum atomic E-state index is 13.1. The summed E-state index contributed by atoms with van der Waals surface area (Å²) in [5, 5.41) is 0. The summed E-state index contributed by atoms with van der Waals surface area (Å²) < 4.78 is 23.3. The number of rotatable bonds is 6. The molecule has 0 amide bonds. The van der Waals surface area contributed by atoms with E-state index < -0.39 is 17.6 Å². The Hall–Kier alpha value is -1.40. The molecule has 0 aromatic carbocycles. The van der Waals surface area contributed by atoms with E-state index in [1.807, 2.05) is 0 Å². The number of allylic oxidation sites excluding steroid dienone is 1. The molecule has 0 radical (unpaired) electrons. The van der Waals surface area contributed by atoms with Crippen molar-refractivity contribution in [1.29, 1.82) is 0 Å². The minimum absolute atomic E-state index is 0.217. The molecule has 2 saturated heterocycles. The van der Waals surface area contributed by atoms with E-state index in [4.69, 9.17) is 18.9 Å². The fourth-order valence-corrected chi connectivity index (χ4v) is 6.65. The van der Waals surface area contributed by atoms with Crippen LogP contribution in [0.2, 0.25) is 0 Å². The van der Waals surface area contributed by atoms with Crippen LogP contribution in [0.4, 0.5) is 0 Å². The van der Waals surface area contributed by atoms with Gasteiger partial charge in [-0.1, -0.05) is 32.8 Å². The Morgan fingerprint density at radius 2 is 1.93 bits per heavy atom. The van der Waals surface area contributed by atoms with Crippen molar-refractivity contribution in [2.24, 2.45) is 35.0 Å². The Morgan fingerprint density at radius 1 is 1.17 bits per heavy atom. The lowest BCUT2D eigenvalue weighted by Gasteiger charge is -2.53. The normalized spacial score (nSPS) is 42.6. The highest BCUT2D eigenvalue weighted by Crippen LogP contribution is 2.66. The molecular formula is C23H34O6. The molecule has 6 nitrogen and oxygen atoms in total. The van der Waals surface area contributed by atoms with Crippen molar-refractivity contribution in [3.8, 4) is 0 Å². The summed E-state index contributed by atoms with van der Waals surface area (Å²) in [6.45, 7) is 5.50. The van der Waals surface area contributed by atoms with Gasteiger partial charge in [-0.25, -0.2) is 0 Å². The molecule has 0 N–H and O–H groups in total. The van der Waals surface area contributed by atoms with Gasteiger partial charge in [0.05, 0.1) is 39.3 Å². The Kier molecular flexibility index (Phi) is 5.53. The Labute approximate surface area is 173 Å². The van der Waals surface area contributed by atoms with Crippen molar-refractivity contribution in [3.63, 3.8) is 0 Å². The average molecular weight is 407 g/mol. The van der Waals surface area contributed by atoms with Crippen LogP contribution in [0.5, 0.6) is 0 Å². The van der Waals surface area contributed by atoms with Crippen LogP contribution >= 0.6 is 0 Å². The van der Waals surface area contributed by atoms with Crippen molar-refractivity contribution in [2.45, 2.75) is 58.2 Å². The van der Waals surface area contributed by atoms with E-state index in [2.05, 4.69) is 19.9 Å². The highest BCUT2D eigenvalue weighted by atomic mass is 16.7. The smallest absolute Gasteiger partial charge is 0.310 e. The Morgan fingerprint density at radius 3 is 2.59 bits per heavy atom. The SMILES string of the molecule is CCCC[C@H]1C=C2[C@]3(CC)CO[C@]24OCC[C@H]1C4[C@@H](C(=O)OC)[C@H](C(=O)OC)C3. The molecule has 1 unspecified atom stereocenters. The summed E-state index contributed by atoms with van der Waals surface area (Å²) in [4.78, 5) is 26.0. The third kappa shape index (κ3) is 2.89. The summed E-state index contributed by atoms with van der Waals surface area (Å²) in [5.41, 5.74) is 0.877. The Bertz CT molecular complexity index is 701. The van der Waals surface area contributed by atoms with Gasteiger partial charge in [-0.15, -0.1) is 0 Å². The molecule has 0 aromatic heterocycles. The molecular weight excluding hydrogens is 372 g/mol. The molecule has 29 heavy (non-hydrogen) atoms. The highest BCUT2D eigenvalue weighted by Gasteiger charge is 2.70. The summed E-state index contributed by atoms with van der Waals surface area (Å²) in [6, 6.07) is 0. The van der Waals surface area contributed by atoms with E-state index in [9.17, 15) is 9.59 Å². The number of hydrogen-bond acceptors (Lipinski definition) is 6. The fraction of sp³-hybridized carbons (Fsp3) is 0.826. The molecule has 1 spiro atoms. The maximum absolute atomic E-state index is 13.1.